The van der Waals surface area contributed by atoms with Gasteiger partial charge < -0.3 is 28.8 Å². The number of carboxylic acids is 1. The van der Waals surface area contributed by atoms with Crippen LogP contribution in [0.3, 0.4) is 0 Å². The van der Waals surface area contributed by atoms with E-state index < -0.39 is 35.9 Å². The summed E-state index contributed by atoms with van der Waals surface area (Å²) < 4.78 is 28.1. The van der Waals surface area contributed by atoms with E-state index in [-0.39, 0.29) is 61.3 Å². The molecular weight excluding hydrogens is 717 g/mol. The van der Waals surface area contributed by atoms with Gasteiger partial charge in [0, 0.05) is 58.1 Å². The molecule has 37 heavy (non-hydrogen) atoms. The van der Waals surface area contributed by atoms with Crippen molar-refractivity contribution in [3.8, 4) is 0 Å². The van der Waals surface area contributed by atoms with Gasteiger partial charge in [0.1, 0.15) is 0 Å². The Morgan fingerprint density at radius 1 is 0.730 bits per heavy atom. The molecule has 208 valence electrons. The van der Waals surface area contributed by atoms with E-state index in [0.717, 1.165) is 12.2 Å². The topological polar surface area (TPSA) is 169 Å². The van der Waals surface area contributed by atoms with Crippen molar-refractivity contribution in [2.75, 3.05) is 28.4 Å². The van der Waals surface area contributed by atoms with Crippen LogP contribution in [0, 0.1) is 48.9 Å². The number of carbonyl (C=O) groups excluding carboxylic acids is 5. The summed E-state index contributed by atoms with van der Waals surface area (Å²) >= 11 is 0. The molecule has 12 nitrogen and oxygen atoms in total. The molecular formula is C23H37BO12U. The summed E-state index contributed by atoms with van der Waals surface area (Å²) in [6.07, 6.45) is 1.08. The molecule has 0 saturated carbocycles. The fraction of sp³-hybridized carbons (Fsp3) is 0.565. The zero-order chi connectivity index (χ0) is 30.1. The van der Waals surface area contributed by atoms with Crippen LogP contribution in [0.2, 0.25) is 0 Å². The number of carboxylic acid groups (broad SMARTS) is 1. The Morgan fingerprint density at radius 3 is 1.27 bits per heavy atom. The summed E-state index contributed by atoms with van der Waals surface area (Å²) in [5, 5.41) is 7.60. The molecule has 0 aliphatic heterocycles. The van der Waals surface area contributed by atoms with Crippen LogP contribution in [0.15, 0.2) is 25.3 Å². The number of carbonyl (C=O) groups is 6. The van der Waals surface area contributed by atoms with Crippen molar-refractivity contribution in [3.05, 3.63) is 25.3 Å². The van der Waals surface area contributed by atoms with Gasteiger partial charge in [0.2, 0.25) is 0 Å². The summed E-state index contributed by atoms with van der Waals surface area (Å²) in [6, 6.07) is 0. The summed E-state index contributed by atoms with van der Waals surface area (Å²) in [5.41, 5.74) is 0. The second kappa shape index (κ2) is 26.5. The Morgan fingerprint density at radius 2 is 1.03 bits per heavy atom. The third kappa shape index (κ3) is 23.6. The average molecular weight is 755 g/mol. The van der Waals surface area contributed by atoms with Gasteiger partial charge in [-0.3, -0.25) is 14.4 Å². The first-order chi connectivity index (χ1) is 17.2. The number of ether oxygens (including phenoxy) is 5. The maximum Gasteiger partial charge on any atom is 0.347 e. The van der Waals surface area contributed by atoms with Crippen LogP contribution < -0.4 is 0 Å². The van der Waals surface area contributed by atoms with Crippen LogP contribution in [0.4, 0.5) is 0 Å². The van der Waals surface area contributed by atoms with Crippen LogP contribution in [0.5, 0.6) is 0 Å². The van der Waals surface area contributed by atoms with Crippen molar-refractivity contribution in [3.63, 3.8) is 0 Å². The molecule has 2 radical (unpaired) electrons. The zero-order valence-electron chi connectivity index (χ0n) is 23.3. The number of hydrogen-bond acceptors (Lipinski definition) is 11. The zero-order valence-corrected chi connectivity index (χ0v) is 26.5. The Hall–Kier alpha value is -2.58. The second-order valence-corrected chi connectivity index (χ2v) is 6.94. The number of aliphatic carboxylic acids is 1. The average Bonchev–Trinajstić information content (AvgIpc) is 2.91. The van der Waals surface area contributed by atoms with Crippen LogP contribution in [0.25, 0.3) is 0 Å². The van der Waals surface area contributed by atoms with Gasteiger partial charge in [0.25, 0.3) is 0 Å². The molecule has 0 aliphatic carbocycles. The van der Waals surface area contributed by atoms with Gasteiger partial charge in [-0.15, -0.1) is 0 Å². The second-order valence-electron chi connectivity index (χ2n) is 6.94. The first kappa shape index (κ1) is 41.5. The number of esters is 5. The maximum atomic E-state index is 11.3. The van der Waals surface area contributed by atoms with Gasteiger partial charge in [-0.1, -0.05) is 33.9 Å². The van der Waals surface area contributed by atoms with Gasteiger partial charge in [0.15, 0.2) is 6.10 Å². The number of hydrogen-bond donors (Lipinski definition) is 1. The predicted octanol–water partition coefficient (Wildman–Crippen LogP) is 1.06. The van der Waals surface area contributed by atoms with E-state index in [4.69, 9.17) is 11.2 Å². The third-order valence-corrected chi connectivity index (χ3v) is 4.15. The molecule has 14 heteroatoms. The molecule has 4 atom stereocenters. The molecule has 0 heterocycles. The molecule has 0 fully saturated rings. The van der Waals surface area contributed by atoms with Gasteiger partial charge in [-0.05, 0) is 7.76 Å². The Labute approximate surface area is 244 Å². The van der Waals surface area contributed by atoms with Crippen molar-refractivity contribution >= 4 is 44.2 Å². The molecule has 0 spiro atoms. The fourth-order valence-corrected chi connectivity index (χ4v) is 2.26. The molecule has 0 aromatic carbocycles. The molecule has 0 aromatic rings. The van der Waals surface area contributed by atoms with E-state index in [2.05, 4.69) is 40.5 Å². The van der Waals surface area contributed by atoms with Crippen molar-refractivity contribution in [1.29, 1.82) is 1.34 Å². The van der Waals surface area contributed by atoms with E-state index in [1.54, 1.807) is 20.8 Å². The summed E-state index contributed by atoms with van der Waals surface area (Å²) in [6.45, 7) is 11.2. The van der Waals surface area contributed by atoms with E-state index in [0.29, 0.717) is 6.42 Å². The fourth-order valence-electron chi connectivity index (χ4n) is 2.26. The first-order valence-electron chi connectivity index (χ1n) is 10.8. The van der Waals surface area contributed by atoms with E-state index >= 15 is 0 Å². The minimum Gasteiger partial charge on any atom is -0.478 e. The Balaban J connectivity index is -0.000000153. The van der Waals surface area contributed by atoms with Crippen molar-refractivity contribution in [2.24, 2.45) is 17.8 Å². The Bertz CT molecular complexity index is 728. The van der Waals surface area contributed by atoms with Crippen LogP contribution >= 0.6 is 0 Å². The van der Waals surface area contributed by atoms with Crippen LogP contribution in [0.1, 0.15) is 33.6 Å². The quantitative estimate of drug-likeness (QED) is 0.138. The number of rotatable bonds is 11. The molecule has 1 N–H and O–H groups in total. The maximum absolute atomic E-state index is 11.3. The van der Waals surface area contributed by atoms with Crippen LogP contribution in [-0.2, 0) is 52.5 Å². The normalized spacial score (nSPS) is 12.1. The first-order valence-corrected chi connectivity index (χ1v) is 10.3. The van der Waals surface area contributed by atoms with Crippen molar-refractivity contribution in [2.45, 2.75) is 39.7 Å². The standard InChI is InChI=1S/C11H16O6.C9H16O4.C3H4O2.BH.U/c1-5-9(12)17-8(11(14)16-4)6-7(2)10(13)15-3;1-6(8(10)12-3)5-7(2)9(11)13-4;1-2-3(4)5;;/h5,7-8H,1,6H2,2-4H3;6-7H,5H2,1-4H3;2H,1H2,(H,4,5);1H;/i;;;1D;. The smallest absolute Gasteiger partial charge is 0.347 e. The summed E-state index contributed by atoms with van der Waals surface area (Å²) in [4.78, 5) is 64.7. The minimum absolute atomic E-state index is 0. The number of methoxy groups -OCH3 is 4. The van der Waals surface area contributed by atoms with Gasteiger partial charge >= 0.3 is 35.8 Å². The van der Waals surface area contributed by atoms with Gasteiger partial charge in [-0.25, -0.2) is 14.4 Å². The molecule has 0 aliphatic rings. The van der Waals surface area contributed by atoms with Gasteiger partial charge in [-0.2, -0.15) is 0 Å². The molecule has 4 unspecified atom stereocenters. The molecule has 0 saturated heterocycles. The largest absolute Gasteiger partial charge is 0.478 e. The van der Waals surface area contributed by atoms with E-state index in [9.17, 15) is 28.8 Å². The van der Waals surface area contributed by atoms with Crippen LogP contribution in [-0.4, -0.2) is 85.2 Å². The molecule has 0 bridgehead atoms. The predicted molar refractivity (Wildman–Crippen MR) is 130 cm³/mol. The third-order valence-electron chi connectivity index (χ3n) is 4.15. The molecule has 0 amide bonds. The summed E-state index contributed by atoms with van der Waals surface area (Å²) in [5.74, 6) is -4.65. The van der Waals surface area contributed by atoms with Crippen molar-refractivity contribution in [1.82, 2.24) is 0 Å². The van der Waals surface area contributed by atoms with Crippen molar-refractivity contribution < 1.29 is 88.7 Å². The monoisotopic (exact) mass is 755 g/mol. The van der Waals surface area contributed by atoms with Gasteiger partial charge in [0.05, 0.1) is 46.2 Å². The van der Waals surface area contributed by atoms with E-state index in [1.165, 1.54) is 28.4 Å². The summed E-state index contributed by atoms with van der Waals surface area (Å²) in [7, 11) is 8.82. The SMILES string of the molecule is C=CC(=O)O.C=CC(=O)OC(CC(C)C(=O)OC)C(=O)OC.COC(=O)C(C)CC(C)C(=O)OC.[2H][B].[U]. The van der Waals surface area contributed by atoms with E-state index in [1.807, 2.05) is 0 Å². The molecule has 0 aromatic heterocycles. The minimum atomic E-state index is -1.14. The Kier molecular flexibility index (Phi) is 29.7. The molecule has 0 rings (SSSR count).